The molecule has 1 rings (SSSR count). The summed E-state index contributed by atoms with van der Waals surface area (Å²) in [6.45, 7) is 5.30. The minimum Gasteiger partial charge on any atom is -0.388 e. The second-order valence-electron chi connectivity index (χ2n) is 5.40. The third-order valence-corrected chi connectivity index (χ3v) is 4.39. The molecule has 3 unspecified atom stereocenters. The Bertz CT molecular complexity index is 344. The lowest BCUT2D eigenvalue weighted by Crippen LogP contribution is -2.35. The van der Waals surface area contributed by atoms with Crippen molar-refractivity contribution in [2.75, 3.05) is 25.6 Å². The number of aliphatic hydroxyl groups excluding tert-OH is 1. The van der Waals surface area contributed by atoms with Crippen LogP contribution >= 0.6 is 11.8 Å². The van der Waals surface area contributed by atoms with Gasteiger partial charge in [-0.3, -0.25) is 0 Å². The van der Waals surface area contributed by atoms with Crippen molar-refractivity contribution in [2.24, 2.45) is 5.92 Å². The van der Waals surface area contributed by atoms with Gasteiger partial charge in [0.25, 0.3) is 0 Å². The molecule has 0 spiro atoms. The van der Waals surface area contributed by atoms with E-state index >= 15 is 0 Å². The van der Waals surface area contributed by atoms with Crippen molar-refractivity contribution in [2.45, 2.75) is 32.4 Å². The first-order valence-corrected chi connectivity index (χ1v) is 8.37. The maximum Gasteiger partial charge on any atom is 0.0827 e. The zero-order chi connectivity index (χ0) is 14.3. The van der Waals surface area contributed by atoms with E-state index in [1.165, 1.54) is 12.2 Å². The van der Waals surface area contributed by atoms with E-state index in [0.717, 1.165) is 12.1 Å². The molecule has 1 aromatic rings. The fourth-order valence-electron chi connectivity index (χ4n) is 2.22. The molecule has 3 heteroatoms. The first-order chi connectivity index (χ1) is 9.06. The molecule has 2 nitrogen and oxygen atoms in total. The average molecular weight is 281 g/mol. The summed E-state index contributed by atoms with van der Waals surface area (Å²) in [4.78, 5) is 2.35. The monoisotopic (exact) mass is 281 g/mol. The molecule has 0 radical (unpaired) electrons. The zero-order valence-electron chi connectivity index (χ0n) is 12.5. The van der Waals surface area contributed by atoms with Gasteiger partial charge in [-0.15, -0.1) is 0 Å². The summed E-state index contributed by atoms with van der Waals surface area (Å²) >= 11 is 1.89. The highest BCUT2D eigenvalue weighted by atomic mass is 32.2. The Hall–Kier alpha value is -0.510. The van der Waals surface area contributed by atoms with Gasteiger partial charge in [0.2, 0.25) is 0 Å². The molecule has 0 fully saturated rings. The van der Waals surface area contributed by atoms with Gasteiger partial charge in [-0.25, -0.2) is 0 Å². The number of aliphatic hydroxyl groups is 1. The number of hydrogen-bond acceptors (Lipinski definition) is 3. The van der Waals surface area contributed by atoms with Gasteiger partial charge < -0.3 is 10.0 Å². The lowest BCUT2D eigenvalue weighted by atomic mass is 9.96. The quantitative estimate of drug-likeness (QED) is 0.789. The summed E-state index contributed by atoms with van der Waals surface area (Å²) in [6.07, 6.45) is 2.97. The fraction of sp³-hybridized carbons (Fsp3) is 0.625. The standard InChI is InChI=1S/C16H27NOS/c1-13(12-17(3)14(2)10-11-19-4)16(18)15-8-6-5-7-9-15/h5-9,13-14,16,18H,10-12H2,1-4H3. The smallest absolute Gasteiger partial charge is 0.0827 e. The summed E-state index contributed by atoms with van der Waals surface area (Å²) in [5.41, 5.74) is 1.01. The van der Waals surface area contributed by atoms with E-state index in [0.29, 0.717) is 6.04 Å². The van der Waals surface area contributed by atoms with Gasteiger partial charge in [0.05, 0.1) is 6.10 Å². The van der Waals surface area contributed by atoms with Crippen LogP contribution in [0.3, 0.4) is 0 Å². The van der Waals surface area contributed by atoms with E-state index in [-0.39, 0.29) is 12.0 Å². The van der Waals surface area contributed by atoms with Crippen molar-refractivity contribution >= 4 is 11.8 Å². The van der Waals surface area contributed by atoms with Crippen molar-refractivity contribution < 1.29 is 5.11 Å². The van der Waals surface area contributed by atoms with E-state index in [1.54, 1.807) is 0 Å². The molecule has 0 heterocycles. The highest BCUT2D eigenvalue weighted by Gasteiger charge is 2.19. The molecule has 0 aromatic heterocycles. The fourth-order valence-corrected chi connectivity index (χ4v) is 2.80. The topological polar surface area (TPSA) is 23.5 Å². The number of benzene rings is 1. The first kappa shape index (κ1) is 16.5. The highest BCUT2D eigenvalue weighted by Crippen LogP contribution is 2.22. The maximum atomic E-state index is 10.4. The Morgan fingerprint density at radius 3 is 2.42 bits per heavy atom. The number of thioether (sulfide) groups is 1. The average Bonchev–Trinajstić information content (AvgIpc) is 2.44. The molecule has 0 aliphatic carbocycles. The van der Waals surface area contributed by atoms with Gasteiger partial charge in [-0.2, -0.15) is 11.8 Å². The normalized spacial score (nSPS) is 16.3. The molecule has 3 atom stereocenters. The van der Waals surface area contributed by atoms with Crippen LogP contribution in [0.4, 0.5) is 0 Å². The first-order valence-electron chi connectivity index (χ1n) is 6.98. The zero-order valence-corrected chi connectivity index (χ0v) is 13.4. The van der Waals surface area contributed by atoms with E-state index in [2.05, 4.69) is 32.1 Å². The summed E-state index contributed by atoms with van der Waals surface area (Å²) < 4.78 is 0. The van der Waals surface area contributed by atoms with E-state index in [9.17, 15) is 5.11 Å². The summed E-state index contributed by atoms with van der Waals surface area (Å²) in [5, 5.41) is 10.4. The van der Waals surface area contributed by atoms with Gasteiger partial charge in [0.1, 0.15) is 0 Å². The van der Waals surface area contributed by atoms with Gasteiger partial charge in [-0.1, -0.05) is 37.3 Å². The van der Waals surface area contributed by atoms with Crippen molar-refractivity contribution in [1.82, 2.24) is 4.90 Å². The lowest BCUT2D eigenvalue weighted by molar-refractivity contribution is 0.0852. The summed E-state index contributed by atoms with van der Waals surface area (Å²) in [5.74, 6) is 1.44. The number of hydrogen-bond donors (Lipinski definition) is 1. The molecule has 1 aromatic carbocycles. The second kappa shape index (κ2) is 8.62. The molecule has 1 N–H and O–H groups in total. The van der Waals surface area contributed by atoms with E-state index in [4.69, 9.17) is 0 Å². The van der Waals surface area contributed by atoms with Crippen LogP contribution in [0.15, 0.2) is 30.3 Å². The van der Waals surface area contributed by atoms with Crippen molar-refractivity contribution in [3.8, 4) is 0 Å². The Kier molecular flexibility index (Phi) is 7.51. The van der Waals surface area contributed by atoms with Crippen LogP contribution in [0.2, 0.25) is 0 Å². The van der Waals surface area contributed by atoms with Crippen LogP contribution in [0.1, 0.15) is 31.9 Å². The number of nitrogens with zero attached hydrogens (tertiary/aromatic N) is 1. The largest absolute Gasteiger partial charge is 0.388 e. The van der Waals surface area contributed by atoms with Gasteiger partial charge in [0, 0.05) is 12.6 Å². The Balaban J connectivity index is 2.47. The maximum absolute atomic E-state index is 10.4. The molecule has 0 bridgehead atoms. The van der Waals surface area contributed by atoms with Crippen molar-refractivity contribution in [1.29, 1.82) is 0 Å². The molecular weight excluding hydrogens is 254 g/mol. The van der Waals surface area contributed by atoms with Crippen LogP contribution in [-0.4, -0.2) is 41.6 Å². The van der Waals surface area contributed by atoms with Crippen molar-refractivity contribution in [3.63, 3.8) is 0 Å². The molecule has 0 aliphatic heterocycles. The minimum atomic E-state index is -0.378. The summed E-state index contributed by atoms with van der Waals surface area (Å²) in [7, 11) is 2.15. The summed E-state index contributed by atoms with van der Waals surface area (Å²) in [6, 6.07) is 10.5. The Morgan fingerprint density at radius 2 is 1.84 bits per heavy atom. The predicted octanol–water partition coefficient (Wildman–Crippen LogP) is 3.43. The molecule has 0 saturated heterocycles. The van der Waals surface area contributed by atoms with Crippen LogP contribution in [0.25, 0.3) is 0 Å². The number of rotatable bonds is 8. The van der Waals surface area contributed by atoms with Gasteiger partial charge in [0.15, 0.2) is 0 Å². The Labute approximate surface area is 122 Å². The van der Waals surface area contributed by atoms with Gasteiger partial charge >= 0.3 is 0 Å². The molecule has 0 aliphatic rings. The van der Waals surface area contributed by atoms with Gasteiger partial charge in [-0.05, 0) is 43.9 Å². The van der Waals surface area contributed by atoms with E-state index in [1.807, 2.05) is 42.1 Å². The van der Waals surface area contributed by atoms with Crippen LogP contribution in [0.5, 0.6) is 0 Å². The molecule has 19 heavy (non-hydrogen) atoms. The predicted molar refractivity (Wildman–Crippen MR) is 85.7 cm³/mol. The third-order valence-electron chi connectivity index (χ3n) is 3.75. The Morgan fingerprint density at radius 1 is 1.21 bits per heavy atom. The molecular formula is C16H27NOS. The minimum absolute atomic E-state index is 0.240. The molecule has 0 saturated carbocycles. The molecule has 0 amide bonds. The van der Waals surface area contributed by atoms with Crippen LogP contribution < -0.4 is 0 Å². The van der Waals surface area contributed by atoms with Crippen LogP contribution in [-0.2, 0) is 0 Å². The molecule has 108 valence electrons. The second-order valence-corrected chi connectivity index (χ2v) is 6.39. The SMILES string of the molecule is CSCCC(C)N(C)CC(C)C(O)c1ccccc1. The van der Waals surface area contributed by atoms with Crippen molar-refractivity contribution in [3.05, 3.63) is 35.9 Å². The van der Waals surface area contributed by atoms with Crippen LogP contribution in [0, 0.1) is 5.92 Å². The highest BCUT2D eigenvalue weighted by molar-refractivity contribution is 7.98. The third kappa shape index (κ3) is 5.55. The lowest BCUT2D eigenvalue weighted by Gasteiger charge is -2.29. The van der Waals surface area contributed by atoms with E-state index < -0.39 is 0 Å².